The Bertz CT molecular complexity index is 751. The molecule has 1 N–H and O–H groups in total. The predicted octanol–water partition coefficient (Wildman–Crippen LogP) is 3.75. The summed E-state index contributed by atoms with van der Waals surface area (Å²) in [7, 11) is -1.19. The van der Waals surface area contributed by atoms with Gasteiger partial charge >= 0.3 is 0 Å². The van der Waals surface area contributed by atoms with Crippen molar-refractivity contribution in [1.29, 1.82) is 0 Å². The van der Waals surface area contributed by atoms with Gasteiger partial charge in [0.25, 0.3) is 5.91 Å². The molecule has 1 atom stereocenters. The quantitative estimate of drug-likeness (QED) is 0.635. The van der Waals surface area contributed by atoms with Crippen LogP contribution < -0.4 is 5.32 Å². The summed E-state index contributed by atoms with van der Waals surface area (Å²) in [5.41, 5.74) is 0.990. The summed E-state index contributed by atoms with van der Waals surface area (Å²) in [6.07, 6.45) is 2.21. The summed E-state index contributed by atoms with van der Waals surface area (Å²) in [6, 6.07) is 11.0. The van der Waals surface area contributed by atoms with Crippen molar-refractivity contribution in [1.82, 2.24) is 10.2 Å². The number of nitrogens with zero attached hydrogens (tertiary/aromatic N) is 1. The number of benzene rings is 1. The molecule has 2 rings (SSSR count). The first kappa shape index (κ1) is 21.4. The van der Waals surface area contributed by atoms with Crippen LogP contribution in [-0.4, -0.2) is 41.2 Å². The standard InChI is InChI=1S/C21H30N2O3S/c1-4-13-23(14-5-2)15-12-22-21(24)19-11-10-18(26-19)16-27(25)20-9-7-6-8-17(20)3/h6-11H,4-5,12-16H2,1-3H3,(H,22,24)/t27-/m1/s1. The summed E-state index contributed by atoms with van der Waals surface area (Å²) in [5.74, 6) is 0.861. The molecule has 0 aliphatic rings. The highest BCUT2D eigenvalue weighted by molar-refractivity contribution is 7.84. The number of carbonyl (C=O) groups excluding carboxylic acids is 1. The third-order valence-corrected chi connectivity index (χ3v) is 5.79. The zero-order chi connectivity index (χ0) is 19.6. The van der Waals surface area contributed by atoms with Crippen LogP contribution in [0.5, 0.6) is 0 Å². The van der Waals surface area contributed by atoms with E-state index in [-0.39, 0.29) is 17.4 Å². The van der Waals surface area contributed by atoms with Crippen LogP contribution in [0.4, 0.5) is 0 Å². The Hall–Kier alpha value is -1.92. The molecule has 148 valence electrons. The van der Waals surface area contributed by atoms with E-state index in [1.54, 1.807) is 12.1 Å². The van der Waals surface area contributed by atoms with Gasteiger partial charge < -0.3 is 14.6 Å². The first-order valence-corrected chi connectivity index (χ1v) is 10.9. The van der Waals surface area contributed by atoms with E-state index in [1.807, 2.05) is 31.2 Å². The number of rotatable bonds is 11. The minimum Gasteiger partial charge on any atom is -0.455 e. The first-order valence-electron chi connectivity index (χ1n) is 9.58. The van der Waals surface area contributed by atoms with Gasteiger partial charge in [-0.25, -0.2) is 0 Å². The lowest BCUT2D eigenvalue weighted by molar-refractivity contribution is 0.0919. The molecule has 1 heterocycles. The molecule has 5 nitrogen and oxygen atoms in total. The van der Waals surface area contributed by atoms with Crippen molar-refractivity contribution in [3.63, 3.8) is 0 Å². The molecule has 0 saturated carbocycles. The summed E-state index contributed by atoms with van der Waals surface area (Å²) >= 11 is 0. The molecule has 6 heteroatoms. The Labute approximate surface area is 164 Å². The Morgan fingerprint density at radius 3 is 2.44 bits per heavy atom. The minimum absolute atomic E-state index is 0.226. The topological polar surface area (TPSA) is 62.6 Å². The van der Waals surface area contributed by atoms with E-state index in [1.165, 1.54) is 0 Å². The molecule has 0 fully saturated rings. The Kier molecular flexibility index (Phi) is 8.75. The fourth-order valence-corrected chi connectivity index (χ4v) is 4.21. The Morgan fingerprint density at radius 1 is 1.07 bits per heavy atom. The number of hydrogen-bond donors (Lipinski definition) is 1. The van der Waals surface area contributed by atoms with Crippen molar-refractivity contribution in [3.8, 4) is 0 Å². The summed E-state index contributed by atoms with van der Waals surface area (Å²) in [4.78, 5) is 15.4. The summed E-state index contributed by atoms with van der Waals surface area (Å²) in [6.45, 7) is 9.76. The number of aryl methyl sites for hydroxylation is 1. The third kappa shape index (κ3) is 6.63. The van der Waals surface area contributed by atoms with Crippen LogP contribution in [0.15, 0.2) is 45.7 Å². The highest BCUT2D eigenvalue weighted by Crippen LogP contribution is 2.18. The number of furan rings is 1. The molecule has 27 heavy (non-hydrogen) atoms. The van der Waals surface area contributed by atoms with Crippen LogP contribution in [-0.2, 0) is 16.6 Å². The van der Waals surface area contributed by atoms with Crippen LogP contribution in [0.2, 0.25) is 0 Å². The van der Waals surface area contributed by atoms with Gasteiger partial charge in [-0.1, -0.05) is 32.0 Å². The van der Waals surface area contributed by atoms with E-state index in [0.717, 1.165) is 42.9 Å². The van der Waals surface area contributed by atoms with Crippen LogP contribution in [0.25, 0.3) is 0 Å². The lowest BCUT2D eigenvalue weighted by atomic mass is 10.2. The normalized spacial score (nSPS) is 12.3. The van der Waals surface area contributed by atoms with Crippen molar-refractivity contribution in [3.05, 3.63) is 53.5 Å². The van der Waals surface area contributed by atoms with Crippen LogP contribution in [0, 0.1) is 6.92 Å². The SMILES string of the molecule is CCCN(CCC)CCNC(=O)c1ccc(C[S@@](=O)c2ccccc2C)o1. The average Bonchev–Trinajstić information content (AvgIpc) is 3.11. The molecule has 0 aliphatic heterocycles. The van der Waals surface area contributed by atoms with Gasteiger partial charge in [-0.15, -0.1) is 0 Å². The van der Waals surface area contributed by atoms with E-state index in [4.69, 9.17) is 4.42 Å². The first-order chi connectivity index (χ1) is 13.0. The maximum atomic E-state index is 12.5. The molecule has 1 aromatic carbocycles. The average molecular weight is 391 g/mol. The monoisotopic (exact) mass is 390 g/mol. The maximum absolute atomic E-state index is 12.5. The van der Waals surface area contributed by atoms with Crippen LogP contribution >= 0.6 is 0 Å². The largest absolute Gasteiger partial charge is 0.455 e. The smallest absolute Gasteiger partial charge is 0.287 e. The maximum Gasteiger partial charge on any atom is 0.287 e. The van der Waals surface area contributed by atoms with Crippen LogP contribution in [0.3, 0.4) is 0 Å². The predicted molar refractivity (Wildman–Crippen MR) is 109 cm³/mol. The van der Waals surface area contributed by atoms with Crippen molar-refractivity contribution < 1.29 is 13.4 Å². The Morgan fingerprint density at radius 2 is 1.78 bits per heavy atom. The van der Waals surface area contributed by atoms with Gasteiger partial charge in [0.05, 0.1) is 16.6 Å². The zero-order valence-corrected chi connectivity index (χ0v) is 17.3. The van der Waals surface area contributed by atoms with Crippen molar-refractivity contribution in [2.75, 3.05) is 26.2 Å². The zero-order valence-electron chi connectivity index (χ0n) is 16.5. The van der Waals surface area contributed by atoms with E-state index < -0.39 is 10.8 Å². The second-order valence-electron chi connectivity index (χ2n) is 6.62. The molecular formula is C21H30N2O3S. The molecule has 1 aromatic heterocycles. The molecule has 0 bridgehead atoms. The second-order valence-corrected chi connectivity index (χ2v) is 8.04. The fraction of sp³-hybridized carbons (Fsp3) is 0.476. The molecule has 2 aromatic rings. The number of hydrogen-bond acceptors (Lipinski definition) is 4. The van der Waals surface area contributed by atoms with E-state index >= 15 is 0 Å². The van der Waals surface area contributed by atoms with Gasteiger partial charge in [0.2, 0.25) is 0 Å². The van der Waals surface area contributed by atoms with E-state index in [9.17, 15) is 9.00 Å². The number of amides is 1. The Balaban J connectivity index is 1.86. The van der Waals surface area contributed by atoms with E-state index in [2.05, 4.69) is 24.1 Å². The minimum atomic E-state index is -1.19. The van der Waals surface area contributed by atoms with Gasteiger partial charge in [-0.05, 0) is 56.6 Å². The van der Waals surface area contributed by atoms with Gasteiger partial charge in [0, 0.05) is 18.0 Å². The van der Waals surface area contributed by atoms with Gasteiger partial charge in [0.1, 0.15) is 5.76 Å². The number of carbonyl (C=O) groups is 1. The van der Waals surface area contributed by atoms with E-state index in [0.29, 0.717) is 12.3 Å². The molecule has 0 aliphatic carbocycles. The summed E-state index contributed by atoms with van der Waals surface area (Å²) < 4.78 is 18.1. The molecule has 1 amide bonds. The van der Waals surface area contributed by atoms with Gasteiger partial charge in [-0.3, -0.25) is 9.00 Å². The highest BCUT2D eigenvalue weighted by Gasteiger charge is 2.14. The molecule has 0 radical (unpaired) electrons. The van der Waals surface area contributed by atoms with Gasteiger partial charge in [-0.2, -0.15) is 0 Å². The summed E-state index contributed by atoms with van der Waals surface area (Å²) in [5, 5.41) is 2.90. The molecule has 0 saturated heterocycles. The molecule has 0 spiro atoms. The van der Waals surface area contributed by atoms with Gasteiger partial charge in [0.15, 0.2) is 5.76 Å². The highest BCUT2D eigenvalue weighted by atomic mass is 32.2. The number of nitrogens with one attached hydrogen (secondary N) is 1. The molecular weight excluding hydrogens is 360 g/mol. The third-order valence-electron chi connectivity index (χ3n) is 4.29. The lowest BCUT2D eigenvalue weighted by Gasteiger charge is -2.20. The second kappa shape index (κ2) is 11.0. The fourth-order valence-electron chi connectivity index (χ4n) is 2.98. The van der Waals surface area contributed by atoms with Crippen molar-refractivity contribution in [2.45, 2.75) is 44.3 Å². The van der Waals surface area contributed by atoms with Crippen molar-refractivity contribution >= 4 is 16.7 Å². The lowest BCUT2D eigenvalue weighted by Crippen LogP contribution is -2.35. The molecule has 0 unspecified atom stereocenters. The van der Waals surface area contributed by atoms with Crippen LogP contribution in [0.1, 0.15) is 48.6 Å². The van der Waals surface area contributed by atoms with Crippen molar-refractivity contribution in [2.24, 2.45) is 0 Å².